The summed E-state index contributed by atoms with van der Waals surface area (Å²) in [6.07, 6.45) is 2.73. The Bertz CT molecular complexity index is 568. The third-order valence-corrected chi connectivity index (χ3v) is 2.34. The van der Waals surface area contributed by atoms with Crippen molar-refractivity contribution in [3.05, 3.63) is 48.0 Å². The van der Waals surface area contributed by atoms with E-state index < -0.39 is 5.82 Å². The summed E-state index contributed by atoms with van der Waals surface area (Å²) in [6, 6.07) is 6.03. The van der Waals surface area contributed by atoms with Crippen molar-refractivity contribution in [1.29, 1.82) is 5.41 Å². The number of aromatic nitrogens is 2. The minimum atomic E-state index is -0.440. The van der Waals surface area contributed by atoms with Gasteiger partial charge >= 0.3 is 0 Å². The second kappa shape index (κ2) is 4.84. The zero-order valence-electron chi connectivity index (χ0n) is 9.42. The third-order valence-electron chi connectivity index (χ3n) is 2.34. The normalized spacial score (nSPS) is 10.3. The molecule has 18 heavy (non-hydrogen) atoms. The van der Waals surface area contributed by atoms with Crippen molar-refractivity contribution in [2.45, 2.75) is 6.54 Å². The maximum absolute atomic E-state index is 13.4. The van der Waals surface area contributed by atoms with Crippen LogP contribution in [0.4, 0.5) is 10.1 Å². The van der Waals surface area contributed by atoms with E-state index in [0.717, 1.165) is 4.68 Å². The summed E-state index contributed by atoms with van der Waals surface area (Å²) in [6.45, 7) is -0.148. The van der Waals surface area contributed by atoms with Crippen molar-refractivity contribution in [2.75, 3.05) is 5.73 Å². The highest BCUT2D eigenvalue weighted by molar-refractivity contribution is 5.77. The van der Waals surface area contributed by atoms with Crippen LogP contribution in [-0.4, -0.2) is 26.0 Å². The number of nitrogen functional groups attached to an aromatic ring is 1. The first kappa shape index (κ1) is 12.1. The number of halogens is 1. The molecule has 0 atom stereocenters. The number of rotatable bonds is 2. The summed E-state index contributed by atoms with van der Waals surface area (Å²) in [5, 5.41) is 21.7. The minimum absolute atomic E-state index is 0.148. The first-order chi connectivity index (χ1) is 8.58. The Morgan fingerprint density at radius 2 is 2.22 bits per heavy atom. The molecule has 0 aliphatic rings. The van der Waals surface area contributed by atoms with Gasteiger partial charge in [-0.1, -0.05) is 18.2 Å². The SMILES string of the molecule is N=C(N(O)Cc1ccccc1F)n1cc(N)cn1. The van der Waals surface area contributed by atoms with Gasteiger partial charge in [0.15, 0.2) is 0 Å². The standard InChI is InChI=1S/C11H12FN5O/c12-10-4-2-1-3-8(10)6-17(18)11(14)16-7-9(13)5-15-16/h1-5,7,14,18H,6,13H2. The predicted octanol–water partition coefficient (Wildman–Crippen LogP) is 1.28. The second-order valence-corrected chi connectivity index (χ2v) is 3.69. The molecule has 1 heterocycles. The lowest BCUT2D eigenvalue weighted by atomic mass is 10.2. The average molecular weight is 249 g/mol. The molecule has 2 rings (SSSR count). The van der Waals surface area contributed by atoms with Gasteiger partial charge in [-0.25, -0.2) is 14.1 Å². The van der Waals surface area contributed by atoms with Crippen molar-refractivity contribution in [2.24, 2.45) is 0 Å². The molecule has 7 heteroatoms. The summed E-state index contributed by atoms with van der Waals surface area (Å²) in [5.41, 5.74) is 6.11. The van der Waals surface area contributed by atoms with Gasteiger partial charge in [-0.15, -0.1) is 0 Å². The van der Waals surface area contributed by atoms with E-state index in [0.29, 0.717) is 10.8 Å². The lowest BCUT2D eigenvalue weighted by molar-refractivity contribution is -0.0291. The lowest BCUT2D eigenvalue weighted by Crippen LogP contribution is -2.32. The number of nitrogens with two attached hydrogens (primary N) is 1. The van der Waals surface area contributed by atoms with Gasteiger partial charge in [0.1, 0.15) is 5.82 Å². The first-order valence-corrected chi connectivity index (χ1v) is 5.17. The van der Waals surface area contributed by atoms with Crippen LogP contribution in [0, 0.1) is 11.2 Å². The zero-order valence-corrected chi connectivity index (χ0v) is 9.42. The molecule has 0 bridgehead atoms. The van der Waals surface area contributed by atoms with Crippen molar-refractivity contribution in [3.8, 4) is 0 Å². The molecule has 0 saturated heterocycles. The summed E-state index contributed by atoms with van der Waals surface area (Å²) in [7, 11) is 0. The highest BCUT2D eigenvalue weighted by atomic mass is 19.1. The van der Waals surface area contributed by atoms with E-state index in [2.05, 4.69) is 5.10 Å². The van der Waals surface area contributed by atoms with E-state index in [4.69, 9.17) is 11.1 Å². The molecule has 0 spiro atoms. The smallest absolute Gasteiger partial charge is 0.243 e. The predicted molar refractivity (Wildman–Crippen MR) is 63.5 cm³/mol. The summed E-state index contributed by atoms with van der Waals surface area (Å²) < 4.78 is 14.5. The van der Waals surface area contributed by atoms with Gasteiger partial charge in [-0.2, -0.15) is 5.10 Å². The van der Waals surface area contributed by atoms with Gasteiger partial charge in [0, 0.05) is 5.56 Å². The van der Waals surface area contributed by atoms with E-state index in [1.807, 2.05) is 0 Å². The van der Waals surface area contributed by atoms with Crippen LogP contribution in [0.1, 0.15) is 5.56 Å². The number of nitrogens with one attached hydrogen (secondary N) is 1. The quantitative estimate of drug-likeness (QED) is 0.425. The van der Waals surface area contributed by atoms with Crippen LogP contribution >= 0.6 is 0 Å². The molecule has 1 aromatic carbocycles. The molecular formula is C11H12FN5O. The molecule has 0 amide bonds. The summed E-state index contributed by atoms with van der Waals surface area (Å²) >= 11 is 0. The van der Waals surface area contributed by atoms with E-state index in [1.165, 1.54) is 24.5 Å². The summed E-state index contributed by atoms with van der Waals surface area (Å²) in [5.74, 6) is -0.751. The number of benzene rings is 1. The number of hydrogen-bond donors (Lipinski definition) is 3. The molecule has 2 aromatic rings. The van der Waals surface area contributed by atoms with E-state index in [1.54, 1.807) is 12.1 Å². The Kier molecular flexibility index (Phi) is 3.24. The number of anilines is 1. The third kappa shape index (κ3) is 2.46. The molecule has 94 valence electrons. The largest absolute Gasteiger partial charge is 0.396 e. The van der Waals surface area contributed by atoms with Gasteiger partial charge in [0.05, 0.1) is 24.6 Å². The topological polar surface area (TPSA) is 91.2 Å². The van der Waals surface area contributed by atoms with Crippen molar-refractivity contribution in [1.82, 2.24) is 14.8 Å². The molecule has 0 radical (unpaired) electrons. The minimum Gasteiger partial charge on any atom is -0.396 e. The maximum atomic E-state index is 13.4. The molecule has 0 aliphatic heterocycles. The number of hydroxylamine groups is 2. The molecule has 0 unspecified atom stereocenters. The molecule has 4 N–H and O–H groups in total. The Morgan fingerprint density at radius 1 is 1.50 bits per heavy atom. The number of nitrogens with zero attached hydrogens (tertiary/aromatic N) is 3. The van der Waals surface area contributed by atoms with Crippen LogP contribution < -0.4 is 5.73 Å². The Morgan fingerprint density at radius 3 is 2.83 bits per heavy atom. The molecule has 1 aromatic heterocycles. The number of hydrogen-bond acceptors (Lipinski definition) is 4. The second-order valence-electron chi connectivity index (χ2n) is 3.69. The average Bonchev–Trinajstić information content (AvgIpc) is 2.78. The highest BCUT2D eigenvalue weighted by Gasteiger charge is 2.12. The maximum Gasteiger partial charge on any atom is 0.243 e. The van der Waals surface area contributed by atoms with Gasteiger partial charge in [0.25, 0.3) is 0 Å². The molecule has 0 saturated carbocycles. The van der Waals surface area contributed by atoms with Crippen molar-refractivity contribution < 1.29 is 9.60 Å². The van der Waals surface area contributed by atoms with Gasteiger partial charge in [-0.05, 0) is 6.07 Å². The van der Waals surface area contributed by atoms with Crippen LogP contribution in [0.3, 0.4) is 0 Å². The molecule has 6 nitrogen and oxygen atoms in total. The Labute approximate surface area is 103 Å². The molecular weight excluding hydrogens is 237 g/mol. The Hall–Kier alpha value is -2.41. The van der Waals surface area contributed by atoms with E-state index in [-0.39, 0.29) is 18.1 Å². The van der Waals surface area contributed by atoms with E-state index >= 15 is 0 Å². The fraction of sp³-hybridized carbons (Fsp3) is 0.0909. The van der Waals surface area contributed by atoms with Gasteiger partial charge < -0.3 is 5.73 Å². The van der Waals surface area contributed by atoms with Gasteiger partial charge in [-0.3, -0.25) is 10.6 Å². The van der Waals surface area contributed by atoms with Crippen molar-refractivity contribution >= 4 is 11.6 Å². The fourth-order valence-electron chi connectivity index (χ4n) is 1.43. The zero-order chi connectivity index (χ0) is 13.1. The van der Waals surface area contributed by atoms with Crippen LogP contribution in [-0.2, 0) is 6.54 Å². The van der Waals surface area contributed by atoms with Crippen LogP contribution in [0.15, 0.2) is 36.7 Å². The highest BCUT2D eigenvalue weighted by Crippen LogP contribution is 2.09. The lowest BCUT2D eigenvalue weighted by Gasteiger charge is -2.17. The fourth-order valence-corrected chi connectivity index (χ4v) is 1.43. The van der Waals surface area contributed by atoms with E-state index in [9.17, 15) is 9.60 Å². The van der Waals surface area contributed by atoms with Crippen molar-refractivity contribution in [3.63, 3.8) is 0 Å². The monoisotopic (exact) mass is 249 g/mol. The van der Waals surface area contributed by atoms with Crippen LogP contribution in [0.25, 0.3) is 0 Å². The van der Waals surface area contributed by atoms with Crippen LogP contribution in [0.2, 0.25) is 0 Å². The molecule has 0 aliphatic carbocycles. The van der Waals surface area contributed by atoms with Crippen LogP contribution in [0.5, 0.6) is 0 Å². The molecule has 0 fully saturated rings. The first-order valence-electron chi connectivity index (χ1n) is 5.17. The Balaban J connectivity index is 2.11. The summed E-state index contributed by atoms with van der Waals surface area (Å²) in [4.78, 5) is 0. The van der Waals surface area contributed by atoms with Gasteiger partial charge in [0.2, 0.25) is 5.96 Å².